The van der Waals surface area contributed by atoms with Crippen LogP contribution in [-0.4, -0.2) is 9.97 Å². The molecular formula is C54H58ClN3. The van der Waals surface area contributed by atoms with Crippen LogP contribution in [0.15, 0.2) is 146 Å². The maximum atomic E-state index is 5.69. The van der Waals surface area contributed by atoms with Crippen molar-refractivity contribution in [2.45, 2.75) is 80.1 Å². The van der Waals surface area contributed by atoms with Crippen molar-refractivity contribution >= 4 is 39.1 Å². The Kier molecular flexibility index (Phi) is 16.5. The molecule has 6 aromatic carbocycles. The third kappa shape index (κ3) is 12.0. The Morgan fingerprint density at radius 1 is 0.552 bits per heavy atom. The van der Waals surface area contributed by atoms with Crippen molar-refractivity contribution in [3.05, 3.63) is 184 Å². The van der Waals surface area contributed by atoms with Gasteiger partial charge >= 0.3 is 0 Å². The van der Waals surface area contributed by atoms with E-state index in [4.69, 9.17) is 17.3 Å². The number of anilines is 1. The van der Waals surface area contributed by atoms with Gasteiger partial charge in [-0.25, -0.2) is 0 Å². The van der Waals surface area contributed by atoms with Gasteiger partial charge in [0, 0.05) is 50.7 Å². The second-order valence-electron chi connectivity index (χ2n) is 14.7. The molecular weight excluding hydrogens is 726 g/mol. The van der Waals surface area contributed by atoms with E-state index in [1.807, 2.05) is 49.4 Å². The fourth-order valence-electron chi connectivity index (χ4n) is 6.90. The summed E-state index contributed by atoms with van der Waals surface area (Å²) in [6.07, 6.45) is 6.67. The maximum absolute atomic E-state index is 5.69. The summed E-state index contributed by atoms with van der Waals surface area (Å²) < 4.78 is 0. The van der Waals surface area contributed by atoms with E-state index in [1.165, 1.54) is 73.0 Å². The molecule has 0 aliphatic rings. The zero-order chi connectivity index (χ0) is 41.3. The molecule has 0 amide bonds. The van der Waals surface area contributed by atoms with Crippen molar-refractivity contribution in [2.75, 3.05) is 5.73 Å². The van der Waals surface area contributed by atoms with Gasteiger partial charge in [0.25, 0.3) is 0 Å². The van der Waals surface area contributed by atoms with Gasteiger partial charge in [-0.05, 0) is 111 Å². The maximum Gasteiger partial charge on any atom is 0.0638 e. The van der Waals surface area contributed by atoms with Gasteiger partial charge in [0.1, 0.15) is 0 Å². The van der Waals surface area contributed by atoms with Crippen molar-refractivity contribution in [3.63, 3.8) is 0 Å². The van der Waals surface area contributed by atoms with Crippen LogP contribution >= 0.6 is 11.6 Å². The minimum absolute atomic E-state index is 0.634. The molecule has 0 aliphatic heterocycles. The monoisotopic (exact) mass is 783 g/mol. The van der Waals surface area contributed by atoms with Crippen LogP contribution in [0.1, 0.15) is 80.0 Å². The number of halogens is 1. The molecule has 3 nitrogen and oxygen atoms in total. The molecule has 2 aromatic heterocycles. The van der Waals surface area contributed by atoms with Crippen LogP contribution in [0.25, 0.3) is 44.2 Å². The standard InChI is InChI=1S/2C18H19N.C11H12.C7H8ClN/c1-3-7-17-18(14-8-5-4-6-9-14)15-12-13(2)10-11-16(15)19-17;1-3-7-15-16-12-13(2)10-11-17(16)19-18(15)14-8-5-4-6-9-14;1-2-3-5-8-11-9-6-4-7-10-11;1-5-2-3-7(9)6(8)4-5/h2*4-6,8-12,19H,3,7H2,1-2H3;4,6-7,9-10H,2-3H2,1H3;2-4H,9H2,1H3. The number of nitrogens with two attached hydrogens (primary N) is 1. The van der Waals surface area contributed by atoms with Crippen molar-refractivity contribution in [1.29, 1.82) is 0 Å². The minimum Gasteiger partial charge on any atom is -0.398 e. The average molecular weight is 785 g/mol. The van der Waals surface area contributed by atoms with Crippen molar-refractivity contribution in [1.82, 2.24) is 9.97 Å². The first kappa shape index (κ1) is 43.2. The smallest absolute Gasteiger partial charge is 0.0638 e. The number of nitrogens with one attached hydrogen (secondary N) is 2. The summed E-state index contributed by atoms with van der Waals surface area (Å²) in [5, 5.41) is 3.35. The van der Waals surface area contributed by atoms with Crippen LogP contribution in [0, 0.1) is 32.6 Å². The van der Waals surface area contributed by atoms with Gasteiger partial charge in [-0.3, -0.25) is 0 Å². The number of aryl methyl sites for hydroxylation is 5. The average Bonchev–Trinajstić information content (AvgIpc) is 3.78. The zero-order valence-electron chi connectivity index (χ0n) is 35.1. The zero-order valence-corrected chi connectivity index (χ0v) is 35.8. The fraction of sp³-hybridized carbons (Fsp3) is 0.222. The molecule has 0 radical (unpaired) electrons. The molecule has 296 valence electrons. The second kappa shape index (κ2) is 22.1. The van der Waals surface area contributed by atoms with Crippen LogP contribution in [-0.2, 0) is 12.8 Å². The number of unbranched alkanes of at least 4 members (excludes halogenated alkanes) is 1. The molecule has 0 atom stereocenters. The SMILES string of the molecule is CCCC#Cc1ccccc1.CCCc1[nH]c2ccc(C)cc2c1-c1ccccc1.CCCc1c(-c2ccccc2)[nH]c2ccc(C)cc12.Cc1ccc(N)c(Cl)c1. The number of nitrogen functional groups attached to an aromatic ring is 1. The highest BCUT2D eigenvalue weighted by Gasteiger charge is 2.13. The minimum atomic E-state index is 0.634. The van der Waals surface area contributed by atoms with Gasteiger partial charge in [0.2, 0.25) is 0 Å². The lowest BCUT2D eigenvalue weighted by molar-refractivity contribution is 0.898. The summed E-state index contributed by atoms with van der Waals surface area (Å²) in [5.74, 6) is 6.20. The lowest BCUT2D eigenvalue weighted by atomic mass is 9.99. The molecule has 4 heteroatoms. The number of rotatable bonds is 7. The topological polar surface area (TPSA) is 57.6 Å². The predicted molar refractivity (Wildman–Crippen MR) is 254 cm³/mol. The molecule has 0 saturated carbocycles. The number of hydrogen-bond donors (Lipinski definition) is 3. The van der Waals surface area contributed by atoms with Gasteiger partial charge < -0.3 is 15.7 Å². The van der Waals surface area contributed by atoms with Crippen LogP contribution < -0.4 is 5.73 Å². The lowest BCUT2D eigenvalue weighted by Gasteiger charge is -2.04. The van der Waals surface area contributed by atoms with Gasteiger partial charge in [-0.2, -0.15) is 0 Å². The molecule has 0 aliphatic carbocycles. The number of hydrogen-bond acceptors (Lipinski definition) is 1. The lowest BCUT2D eigenvalue weighted by Crippen LogP contribution is -1.87. The van der Waals surface area contributed by atoms with E-state index >= 15 is 0 Å². The molecule has 2 heterocycles. The molecule has 0 bridgehead atoms. The Morgan fingerprint density at radius 2 is 1.09 bits per heavy atom. The molecule has 8 aromatic rings. The van der Waals surface area contributed by atoms with E-state index in [2.05, 4.69) is 153 Å². The first-order valence-corrected chi connectivity index (χ1v) is 21.0. The number of aromatic amines is 2. The summed E-state index contributed by atoms with van der Waals surface area (Å²) in [7, 11) is 0. The summed E-state index contributed by atoms with van der Waals surface area (Å²) in [5.41, 5.74) is 21.5. The number of aromatic nitrogens is 2. The highest BCUT2D eigenvalue weighted by Crippen LogP contribution is 2.34. The van der Waals surface area contributed by atoms with Gasteiger partial charge in [0.15, 0.2) is 0 Å². The van der Waals surface area contributed by atoms with E-state index in [0.29, 0.717) is 10.7 Å². The largest absolute Gasteiger partial charge is 0.398 e. The van der Waals surface area contributed by atoms with E-state index in [-0.39, 0.29) is 0 Å². The Labute approximate surface area is 351 Å². The highest BCUT2D eigenvalue weighted by atomic mass is 35.5. The van der Waals surface area contributed by atoms with E-state index < -0.39 is 0 Å². The summed E-state index contributed by atoms with van der Waals surface area (Å²) in [4.78, 5) is 7.18. The first-order chi connectivity index (χ1) is 28.2. The van der Waals surface area contributed by atoms with Crippen LogP contribution in [0.4, 0.5) is 5.69 Å². The predicted octanol–water partition coefficient (Wildman–Crippen LogP) is 15.3. The van der Waals surface area contributed by atoms with Crippen molar-refractivity contribution in [2.24, 2.45) is 0 Å². The Balaban J connectivity index is 0.000000154. The first-order valence-electron chi connectivity index (χ1n) is 20.6. The number of benzene rings is 6. The molecule has 58 heavy (non-hydrogen) atoms. The molecule has 8 rings (SSSR count). The summed E-state index contributed by atoms with van der Waals surface area (Å²) in [6.45, 7) is 12.9. The molecule has 0 unspecified atom stereocenters. The second-order valence-corrected chi connectivity index (χ2v) is 15.1. The molecule has 4 N–H and O–H groups in total. The van der Waals surface area contributed by atoms with E-state index in [0.717, 1.165) is 43.2 Å². The Hall–Kier alpha value is -5.95. The Morgan fingerprint density at radius 3 is 1.66 bits per heavy atom. The normalized spacial score (nSPS) is 10.3. The van der Waals surface area contributed by atoms with E-state index in [1.54, 1.807) is 6.07 Å². The van der Waals surface area contributed by atoms with Crippen molar-refractivity contribution in [3.8, 4) is 34.2 Å². The Bertz CT molecular complexity index is 2530. The van der Waals surface area contributed by atoms with Crippen LogP contribution in [0.2, 0.25) is 5.02 Å². The van der Waals surface area contributed by atoms with Gasteiger partial charge in [0.05, 0.1) is 10.7 Å². The molecule has 0 fully saturated rings. The molecule has 0 spiro atoms. The van der Waals surface area contributed by atoms with Gasteiger partial charge in [-0.1, -0.05) is 165 Å². The van der Waals surface area contributed by atoms with Crippen LogP contribution in [0.3, 0.4) is 0 Å². The van der Waals surface area contributed by atoms with Gasteiger partial charge in [-0.15, -0.1) is 0 Å². The number of fused-ring (bicyclic) bond motifs is 2. The van der Waals surface area contributed by atoms with Crippen molar-refractivity contribution < 1.29 is 0 Å². The fourth-order valence-corrected chi connectivity index (χ4v) is 7.13. The summed E-state index contributed by atoms with van der Waals surface area (Å²) >= 11 is 5.69. The number of H-pyrrole nitrogens is 2. The third-order valence-electron chi connectivity index (χ3n) is 9.76. The molecule has 0 saturated heterocycles. The highest BCUT2D eigenvalue weighted by molar-refractivity contribution is 6.33. The van der Waals surface area contributed by atoms with Crippen LogP contribution in [0.5, 0.6) is 0 Å². The third-order valence-corrected chi connectivity index (χ3v) is 10.1. The quantitative estimate of drug-likeness (QED) is 0.109. The van der Waals surface area contributed by atoms with E-state index in [9.17, 15) is 0 Å². The summed E-state index contributed by atoms with van der Waals surface area (Å²) in [6, 6.07) is 50.3.